The van der Waals surface area contributed by atoms with Gasteiger partial charge in [-0.1, -0.05) is 18.2 Å². The Kier molecular flexibility index (Phi) is 4.77. The third-order valence-electron chi connectivity index (χ3n) is 4.95. The molecule has 0 radical (unpaired) electrons. The van der Waals surface area contributed by atoms with Gasteiger partial charge in [0.05, 0.1) is 19.9 Å². The van der Waals surface area contributed by atoms with Crippen LogP contribution in [0, 0.1) is 6.92 Å². The van der Waals surface area contributed by atoms with Gasteiger partial charge < -0.3 is 19.7 Å². The summed E-state index contributed by atoms with van der Waals surface area (Å²) in [4.78, 5) is 11.5. The van der Waals surface area contributed by atoms with Crippen molar-refractivity contribution in [1.29, 1.82) is 0 Å². The van der Waals surface area contributed by atoms with Crippen molar-refractivity contribution in [3.8, 4) is 11.5 Å². The third kappa shape index (κ3) is 3.33. The molecule has 28 heavy (non-hydrogen) atoms. The summed E-state index contributed by atoms with van der Waals surface area (Å²) in [6.45, 7) is 4.13. The van der Waals surface area contributed by atoms with Crippen LogP contribution >= 0.6 is 0 Å². The number of methoxy groups -OCH3 is 2. The van der Waals surface area contributed by atoms with Gasteiger partial charge >= 0.3 is 0 Å². The highest BCUT2D eigenvalue weighted by Crippen LogP contribution is 2.38. The van der Waals surface area contributed by atoms with Crippen molar-refractivity contribution in [3.63, 3.8) is 0 Å². The van der Waals surface area contributed by atoms with Crippen LogP contribution in [0.2, 0.25) is 0 Å². The average molecular weight is 376 g/mol. The number of hydrogen-bond donors (Lipinski definition) is 1. The monoisotopic (exact) mass is 376 g/mol. The van der Waals surface area contributed by atoms with Gasteiger partial charge in [0.1, 0.15) is 29.0 Å². The van der Waals surface area contributed by atoms with Gasteiger partial charge in [0.15, 0.2) is 0 Å². The van der Waals surface area contributed by atoms with E-state index in [0.717, 1.165) is 29.5 Å². The standard InChI is InChI=1S/C22H24N4O2/c1-14-11-16-7-5-6-8-19(16)26(14)22-13-21(23-15(2)24-22)25-18-10-9-17(27-3)12-20(18)28-4/h5-10,12-14H,11H2,1-4H3,(H,23,24,25). The lowest BCUT2D eigenvalue weighted by Gasteiger charge is -2.24. The average Bonchev–Trinajstić information content (AvgIpc) is 3.03. The minimum atomic E-state index is 0.343. The van der Waals surface area contributed by atoms with Crippen molar-refractivity contribution in [2.75, 3.05) is 24.4 Å². The first kappa shape index (κ1) is 18.1. The van der Waals surface area contributed by atoms with Gasteiger partial charge in [-0.15, -0.1) is 0 Å². The molecule has 1 aliphatic rings. The molecule has 0 amide bonds. The Hall–Kier alpha value is -3.28. The molecule has 3 aromatic rings. The highest BCUT2D eigenvalue weighted by molar-refractivity contribution is 5.72. The summed E-state index contributed by atoms with van der Waals surface area (Å²) in [6, 6.07) is 16.5. The van der Waals surface area contributed by atoms with Gasteiger partial charge in [-0.05, 0) is 44.0 Å². The molecule has 144 valence electrons. The molecule has 2 heterocycles. The third-order valence-corrected chi connectivity index (χ3v) is 4.95. The molecule has 0 aliphatic carbocycles. The number of aryl methyl sites for hydroxylation is 1. The van der Waals surface area contributed by atoms with Gasteiger partial charge in [0, 0.05) is 23.9 Å². The highest BCUT2D eigenvalue weighted by Gasteiger charge is 2.28. The minimum Gasteiger partial charge on any atom is -0.497 e. The first-order valence-corrected chi connectivity index (χ1v) is 9.31. The summed E-state index contributed by atoms with van der Waals surface area (Å²) in [5, 5.41) is 3.36. The number of fused-ring (bicyclic) bond motifs is 1. The predicted molar refractivity (Wildman–Crippen MR) is 111 cm³/mol. The van der Waals surface area contributed by atoms with Crippen LogP contribution in [0.5, 0.6) is 11.5 Å². The van der Waals surface area contributed by atoms with Crippen LogP contribution in [0.15, 0.2) is 48.5 Å². The maximum absolute atomic E-state index is 5.49. The molecule has 6 nitrogen and oxygen atoms in total. The zero-order chi connectivity index (χ0) is 19.7. The largest absolute Gasteiger partial charge is 0.497 e. The van der Waals surface area contributed by atoms with E-state index in [2.05, 4.69) is 46.4 Å². The SMILES string of the molecule is COc1ccc(Nc2cc(N3c4ccccc4CC3C)nc(C)n2)c(OC)c1. The number of benzene rings is 2. The van der Waals surface area contributed by atoms with Crippen molar-refractivity contribution in [1.82, 2.24) is 9.97 Å². The summed E-state index contributed by atoms with van der Waals surface area (Å²) in [5.41, 5.74) is 3.38. The molecule has 1 atom stereocenters. The zero-order valence-corrected chi connectivity index (χ0v) is 16.6. The number of rotatable bonds is 5. The molecule has 1 aliphatic heterocycles. The minimum absolute atomic E-state index is 0.343. The molecule has 0 fully saturated rings. The van der Waals surface area contributed by atoms with E-state index >= 15 is 0 Å². The van der Waals surface area contributed by atoms with Crippen LogP contribution in [-0.4, -0.2) is 30.2 Å². The van der Waals surface area contributed by atoms with E-state index in [9.17, 15) is 0 Å². The topological polar surface area (TPSA) is 59.5 Å². The molecule has 1 unspecified atom stereocenters. The maximum atomic E-state index is 5.49. The molecule has 2 aromatic carbocycles. The van der Waals surface area contributed by atoms with E-state index in [-0.39, 0.29) is 0 Å². The fraction of sp³-hybridized carbons (Fsp3) is 0.273. The van der Waals surface area contributed by atoms with Gasteiger partial charge in [0.25, 0.3) is 0 Å². The van der Waals surface area contributed by atoms with Crippen LogP contribution in [0.3, 0.4) is 0 Å². The Morgan fingerprint density at radius 1 is 1.04 bits per heavy atom. The van der Waals surface area contributed by atoms with Crippen LogP contribution in [0.4, 0.5) is 23.0 Å². The quantitative estimate of drug-likeness (QED) is 0.701. The lowest BCUT2D eigenvalue weighted by Crippen LogP contribution is -2.25. The molecular weight excluding hydrogens is 352 g/mol. The summed E-state index contributed by atoms with van der Waals surface area (Å²) in [5.74, 6) is 3.76. The predicted octanol–water partition coefficient (Wildman–Crippen LogP) is 4.63. The number of ether oxygens (including phenoxy) is 2. The van der Waals surface area contributed by atoms with Crippen LogP contribution < -0.4 is 19.7 Å². The number of nitrogens with zero attached hydrogens (tertiary/aromatic N) is 3. The van der Waals surface area contributed by atoms with Crippen LogP contribution in [0.1, 0.15) is 18.3 Å². The van der Waals surface area contributed by atoms with E-state index in [1.807, 2.05) is 31.2 Å². The van der Waals surface area contributed by atoms with Crippen molar-refractivity contribution in [2.24, 2.45) is 0 Å². The lowest BCUT2D eigenvalue weighted by atomic mass is 10.1. The van der Waals surface area contributed by atoms with Gasteiger partial charge in [0.2, 0.25) is 0 Å². The molecular formula is C22H24N4O2. The zero-order valence-electron chi connectivity index (χ0n) is 16.6. The van der Waals surface area contributed by atoms with E-state index < -0.39 is 0 Å². The Morgan fingerprint density at radius 2 is 1.86 bits per heavy atom. The normalized spacial score (nSPS) is 15.3. The number of para-hydroxylation sites is 1. The second-order valence-electron chi connectivity index (χ2n) is 6.90. The van der Waals surface area contributed by atoms with Crippen molar-refractivity contribution in [3.05, 3.63) is 59.9 Å². The Labute approximate surface area is 165 Å². The molecule has 0 spiro atoms. The maximum Gasteiger partial charge on any atom is 0.146 e. The van der Waals surface area contributed by atoms with Crippen molar-refractivity contribution < 1.29 is 9.47 Å². The molecule has 1 N–H and O–H groups in total. The molecule has 1 aromatic heterocycles. The Bertz CT molecular complexity index is 1010. The first-order chi connectivity index (χ1) is 13.6. The van der Waals surface area contributed by atoms with E-state index in [0.29, 0.717) is 17.6 Å². The van der Waals surface area contributed by atoms with Gasteiger partial charge in [-0.25, -0.2) is 9.97 Å². The van der Waals surface area contributed by atoms with Gasteiger partial charge in [-0.3, -0.25) is 0 Å². The smallest absolute Gasteiger partial charge is 0.146 e. The Balaban J connectivity index is 1.69. The fourth-order valence-corrected chi connectivity index (χ4v) is 3.69. The molecule has 0 saturated carbocycles. The van der Waals surface area contributed by atoms with E-state index in [4.69, 9.17) is 14.5 Å². The molecule has 4 rings (SSSR count). The summed E-state index contributed by atoms with van der Waals surface area (Å²) in [7, 11) is 3.27. The Morgan fingerprint density at radius 3 is 2.64 bits per heavy atom. The summed E-state index contributed by atoms with van der Waals surface area (Å²) >= 11 is 0. The summed E-state index contributed by atoms with van der Waals surface area (Å²) < 4.78 is 10.8. The summed E-state index contributed by atoms with van der Waals surface area (Å²) in [6.07, 6.45) is 1.01. The number of nitrogens with one attached hydrogen (secondary N) is 1. The fourth-order valence-electron chi connectivity index (χ4n) is 3.69. The number of anilines is 4. The molecule has 0 saturated heterocycles. The van der Waals surface area contributed by atoms with Crippen molar-refractivity contribution >= 4 is 23.0 Å². The molecule has 6 heteroatoms. The van der Waals surface area contributed by atoms with Crippen LogP contribution in [-0.2, 0) is 6.42 Å². The lowest BCUT2D eigenvalue weighted by molar-refractivity contribution is 0.395. The van der Waals surface area contributed by atoms with E-state index in [1.165, 1.54) is 11.3 Å². The van der Waals surface area contributed by atoms with Crippen molar-refractivity contribution in [2.45, 2.75) is 26.3 Å². The highest BCUT2D eigenvalue weighted by atomic mass is 16.5. The first-order valence-electron chi connectivity index (χ1n) is 9.31. The van der Waals surface area contributed by atoms with E-state index in [1.54, 1.807) is 14.2 Å². The number of hydrogen-bond acceptors (Lipinski definition) is 6. The second-order valence-corrected chi connectivity index (χ2v) is 6.90. The second kappa shape index (κ2) is 7.38. The van der Waals surface area contributed by atoms with Crippen LogP contribution in [0.25, 0.3) is 0 Å². The molecule has 0 bridgehead atoms. The van der Waals surface area contributed by atoms with Gasteiger partial charge in [-0.2, -0.15) is 0 Å². The number of aromatic nitrogens is 2.